The molecule has 2 aliphatic heterocycles. The second kappa shape index (κ2) is 8.88. The van der Waals surface area contributed by atoms with Crippen LogP contribution in [0.3, 0.4) is 0 Å². The van der Waals surface area contributed by atoms with Crippen LogP contribution in [0.5, 0.6) is 0 Å². The van der Waals surface area contributed by atoms with Gasteiger partial charge < -0.3 is 19.4 Å². The summed E-state index contributed by atoms with van der Waals surface area (Å²) in [6.07, 6.45) is 1.19. The molecule has 1 unspecified atom stereocenters. The number of rotatable bonds is 2. The second-order valence-corrected chi connectivity index (χ2v) is 8.75. The summed E-state index contributed by atoms with van der Waals surface area (Å²) in [4.78, 5) is 37.6. The van der Waals surface area contributed by atoms with Gasteiger partial charge in [-0.3, -0.25) is 9.69 Å². The molecule has 2 aliphatic rings. The van der Waals surface area contributed by atoms with Crippen molar-refractivity contribution in [2.24, 2.45) is 0 Å². The van der Waals surface area contributed by atoms with Crippen molar-refractivity contribution in [2.45, 2.75) is 32.4 Å². The van der Waals surface area contributed by atoms with Gasteiger partial charge in [0.1, 0.15) is 23.5 Å². The van der Waals surface area contributed by atoms with E-state index in [1.807, 2.05) is 43.7 Å². The third kappa shape index (κ3) is 5.19. The van der Waals surface area contributed by atoms with Crippen molar-refractivity contribution in [1.29, 1.82) is 5.26 Å². The number of nitriles is 1. The van der Waals surface area contributed by atoms with E-state index in [0.717, 1.165) is 5.82 Å². The van der Waals surface area contributed by atoms with E-state index in [-0.39, 0.29) is 18.0 Å². The Labute approximate surface area is 177 Å². The fraction of sp³-hybridized carbons (Fsp3) is 0.619. The fourth-order valence-electron chi connectivity index (χ4n) is 3.64. The zero-order valence-electron chi connectivity index (χ0n) is 18.2. The molecule has 9 nitrogen and oxygen atoms in total. The van der Waals surface area contributed by atoms with Crippen molar-refractivity contribution >= 4 is 17.8 Å². The van der Waals surface area contributed by atoms with Gasteiger partial charge in [0.25, 0.3) is 0 Å². The molecule has 1 aromatic heterocycles. The molecule has 162 valence electrons. The Kier molecular flexibility index (Phi) is 6.46. The number of amides is 2. The summed E-state index contributed by atoms with van der Waals surface area (Å²) < 4.78 is 5.48. The van der Waals surface area contributed by atoms with Crippen LogP contribution >= 0.6 is 0 Å². The van der Waals surface area contributed by atoms with Crippen LogP contribution in [0.1, 0.15) is 26.3 Å². The van der Waals surface area contributed by atoms with Gasteiger partial charge in [-0.2, -0.15) is 5.26 Å². The molecule has 3 rings (SSSR count). The SMILES string of the molecule is CN1CCN(C(=O)OC(C)(C)C)CC1C(=O)N1CCN(c2ccc(C#N)cn2)CC1. The monoisotopic (exact) mass is 414 g/mol. The largest absolute Gasteiger partial charge is 0.444 e. The summed E-state index contributed by atoms with van der Waals surface area (Å²) in [5.74, 6) is 0.852. The van der Waals surface area contributed by atoms with Gasteiger partial charge >= 0.3 is 6.09 Å². The Morgan fingerprint density at radius 1 is 1.10 bits per heavy atom. The van der Waals surface area contributed by atoms with Crippen LogP contribution in [0.4, 0.5) is 10.6 Å². The highest BCUT2D eigenvalue weighted by molar-refractivity contribution is 5.83. The molecule has 0 spiro atoms. The number of ether oxygens (including phenoxy) is 1. The lowest BCUT2D eigenvalue weighted by molar-refractivity contribution is -0.138. The maximum atomic E-state index is 13.2. The maximum Gasteiger partial charge on any atom is 0.410 e. The second-order valence-electron chi connectivity index (χ2n) is 8.75. The highest BCUT2D eigenvalue weighted by Gasteiger charge is 2.37. The summed E-state index contributed by atoms with van der Waals surface area (Å²) in [5, 5.41) is 8.90. The van der Waals surface area contributed by atoms with Crippen LogP contribution in [0.25, 0.3) is 0 Å². The number of carbonyl (C=O) groups is 2. The summed E-state index contributed by atoms with van der Waals surface area (Å²) >= 11 is 0. The lowest BCUT2D eigenvalue weighted by Gasteiger charge is -2.42. The number of piperazine rings is 2. The molecule has 9 heteroatoms. The minimum atomic E-state index is -0.560. The standard InChI is InChI=1S/C21H30N6O3/c1-21(2,3)30-20(29)27-8-7-24(4)17(15-27)19(28)26-11-9-25(10-12-26)18-6-5-16(13-22)14-23-18/h5-6,14,17H,7-12,15H2,1-4H3. The van der Waals surface area contributed by atoms with Crippen LogP contribution < -0.4 is 4.90 Å². The first kappa shape index (κ1) is 21.8. The van der Waals surface area contributed by atoms with E-state index in [2.05, 4.69) is 16.0 Å². The number of hydrogen-bond acceptors (Lipinski definition) is 7. The van der Waals surface area contributed by atoms with E-state index < -0.39 is 5.60 Å². The first-order valence-electron chi connectivity index (χ1n) is 10.3. The first-order valence-corrected chi connectivity index (χ1v) is 10.3. The Morgan fingerprint density at radius 3 is 2.33 bits per heavy atom. The van der Waals surface area contributed by atoms with Crippen LogP contribution in [0, 0.1) is 11.3 Å². The van der Waals surface area contributed by atoms with Crippen molar-refractivity contribution in [2.75, 3.05) is 57.8 Å². The van der Waals surface area contributed by atoms with Crippen molar-refractivity contribution in [3.63, 3.8) is 0 Å². The van der Waals surface area contributed by atoms with E-state index in [0.29, 0.717) is 51.4 Å². The van der Waals surface area contributed by atoms with E-state index in [4.69, 9.17) is 10.00 Å². The molecular formula is C21H30N6O3. The Bertz CT molecular complexity index is 806. The van der Waals surface area contributed by atoms with E-state index in [1.54, 1.807) is 17.2 Å². The molecule has 0 radical (unpaired) electrons. The third-order valence-corrected chi connectivity index (χ3v) is 5.38. The number of nitrogens with zero attached hydrogens (tertiary/aromatic N) is 6. The average molecular weight is 415 g/mol. The van der Waals surface area contributed by atoms with Gasteiger partial charge in [0.2, 0.25) is 5.91 Å². The topological polar surface area (TPSA) is 93.0 Å². The molecule has 0 saturated carbocycles. The molecule has 0 bridgehead atoms. The average Bonchev–Trinajstić information content (AvgIpc) is 2.72. The normalized spacial score (nSPS) is 20.6. The molecule has 0 aromatic carbocycles. The zero-order chi connectivity index (χ0) is 21.9. The number of aromatic nitrogens is 1. The molecular weight excluding hydrogens is 384 g/mol. The van der Waals surface area contributed by atoms with Gasteiger partial charge in [-0.25, -0.2) is 9.78 Å². The molecule has 1 atom stereocenters. The fourth-order valence-corrected chi connectivity index (χ4v) is 3.64. The quantitative estimate of drug-likeness (QED) is 0.717. The van der Waals surface area contributed by atoms with Gasteiger partial charge in [-0.1, -0.05) is 0 Å². The molecule has 1 aromatic rings. The van der Waals surface area contributed by atoms with Gasteiger partial charge in [0.05, 0.1) is 5.56 Å². The molecule has 2 fully saturated rings. The van der Waals surface area contributed by atoms with E-state index in [9.17, 15) is 9.59 Å². The summed E-state index contributed by atoms with van der Waals surface area (Å²) in [6.45, 7) is 9.57. The molecule has 30 heavy (non-hydrogen) atoms. The molecule has 2 saturated heterocycles. The van der Waals surface area contributed by atoms with Crippen molar-refractivity contribution < 1.29 is 14.3 Å². The Balaban J connectivity index is 1.57. The highest BCUT2D eigenvalue weighted by Crippen LogP contribution is 2.18. The van der Waals surface area contributed by atoms with E-state index in [1.165, 1.54) is 0 Å². The minimum Gasteiger partial charge on any atom is -0.444 e. The van der Waals surface area contributed by atoms with Crippen molar-refractivity contribution in [1.82, 2.24) is 19.7 Å². The predicted octanol–water partition coefficient (Wildman–Crippen LogP) is 1.15. The number of anilines is 1. The first-order chi connectivity index (χ1) is 14.2. The van der Waals surface area contributed by atoms with Crippen molar-refractivity contribution in [3.05, 3.63) is 23.9 Å². The maximum absolute atomic E-state index is 13.2. The summed E-state index contributed by atoms with van der Waals surface area (Å²) in [5.41, 5.74) is -0.0297. The van der Waals surface area contributed by atoms with Gasteiger partial charge in [-0.15, -0.1) is 0 Å². The zero-order valence-corrected chi connectivity index (χ0v) is 18.2. The molecule has 0 aliphatic carbocycles. The number of hydrogen-bond donors (Lipinski definition) is 0. The van der Waals surface area contributed by atoms with Crippen LogP contribution in [0.15, 0.2) is 18.3 Å². The molecule has 2 amide bonds. The molecule has 0 N–H and O–H groups in total. The number of likely N-dealkylation sites (N-methyl/N-ethyl adjacent to an activating group) is 1. The highest BCUT2D eigenvalue weighted by atomic mass is 16.6. The Morgan fingerprint density at radius 2 is 1.77 bits per heavy atom. The smallest absolute Gasteiger partial charge is 0.410 e. The molecule has 3 heterocycles. The summed E-state index contributed by atoms with van der Waals surface area (Å²) in [7, 11) is 1.92. The van der Waals surface area contributed by atoms with Crippen molar-refractivity contribution in [3.8, 4) is 6.07 Å². The lowest BCUT2D eigenvalue weighted by atomic mass is 10.1. The van der Waals surface area contributed by atoms with Crippen LogP contribution in [-0.4, -0.2) is 96.2 Å². The third-order valence-electron chi connectivity index (χ3n) is 5.38. The Hall–Kier alpha value is -2.86. The van der Waals surface area contributed by atoms with Gasteiger partial charge in [0, 0.05) is 52.0 Å². The lowest BCUT2D eigenvalue weighted by Crippen LogP contribution is -2.61. The van der Waals surface area contributed by atoms with Gasteiger partial charge in [-0.05, 0) is 40.0 Å². The number of carbonyl (C=O) groups excluding carboxylic acids is 2. The number of pyridine rings is 1. The van der Waals surface area contributed by atoms with E-state index >= 15 is 0 Å². The summed E-state index contributed by atoms with van der Waals surface area (Å²) in [6, 6.07) is 5.29. The minimum absolute atomic E-state index is 0.0400. The van der Waals surface area contributed by atoms with Crippen LogP contribution in [0.2, 0.25) is 0 Å². The van der Waals surface area contributed by atoms with Gasteiger partial charge in [0.15, 0.2) is 0 Å². The van der Waals surface area contributed by atoms with Crippen LogP contribution in [-0.2, 0) is 9.53 Å². The predicted molar refractivity (Wildman–Crippen MR) is 112 cm³/mol.